The van der Waals surface area contributed by atoms with E-state index in [0.29, 0.717) is 23.0 Å². The fraction of sp³-hybridized carbons (Fsp3) is 0.294. The van der Waals surface area contributed by atoms with Crippen LogP contribution >= 0.6 is 0 Å². The van der Waals surface area contributed by atoms with Crippen molar-refractivity contribution in [3.63, 3.8) is 0 Å². The first-order chi connectivity index (χ1) is 11.7. The molecule has 7 heteroatoms. The number of hydrogen-bond acceptors (Lipinski definition) is 4. The first-order valence-electron chi connectivity index (χ1n) is 8.01. The van der Waals surface area contributed by atoms with Crippen molar-refractivity contribution in [2.24, 2.45) is 0 Å². The van der Waals surface area contributed by atoms with Gasteiger partial charge in [0.2, 0.25) is 0 Å². The third-order valence-corrected chi connectivity index (χ3v) is 4.52. The summed E-state index contributed by atoms with van der Waals surface area (Å²) in [4.78, 5) is 33.7. The van der Waals surface area contributed by atoms with Crippen molar-refractivity contribution < 1.29 is 4.79 Å². The standard InChI is InChI=1S/C17H17N5O2/c23-16-12-10-18-6-4-11(12)9-14(20-16)17(24)22-8-2-1-3-15(22)13-5-7-19-21-13/h4-7,9-10,15H,1-3,8H2,(H,19,21)(H,20,23). The van der Waals surface area contributed by atoms with Gasteiger partial charge in [-0.15, -0.1) is 0 Å². The molecule has 1 aliphatic heterocycles. The van der Waals surface area contributed by atoms with Gasteiger partial charge in [0.15, 0.2) is 0 Å². The average molecular weight is 323 g/mol. The van der Waals surface area contributed by atoms with Gasteiger partial charge in [0.05, 0.1) is 17.1 Å². The summed E-state index contributed by atoms with van der Waals surface area (Å²) in [5.41, 5.74) is 0.944. The lowest BCUT2D eigenvalue weighted by Crippen LogP contribution is -2.39. The van der Waals surface area contributed by atoms with E-state index in [2.05, 4.69) is 20.2 Å². The van der Waals surface area contributed by atoms with E-state index >= 15 is 0 Å². The number of nitrogens with one attached hydrogen (secondary N) is 2. The Morgan fingerprint density at radius 2 is 2.17 bits per heavy atom. The summed E-state index contributed by atoms with van der Waals surface area (Å²) < 4.78 is 0. The van der Waals surface area contributed by atoms with Gasteiger partial charge in [-0.2, -0.15) is 5.10 Å². The highest BCUT2D eigenvalue weighted by molar-refractivity contribution is 5.96. The summed E-state index contributed by atoms with van der Waals surface area (Å²) >= 11 is 0. The van der Waals surface area contributed by atoms with Gasteiger partial charge in [0.25, 0.3) is 11.5 Å². The summed E-state index contributed by atoms with van der Waals surface area (Å²) in [6.45, 7) is 0.666. The Labute approximate surface area is 137 Å². The normalized spacial score (nSPS) is 18.0. The molecule has 4 rings (SSSR count). The van der Waals surface area contributed by atoms with Crippen molar-refractivity contribution in [2.45, 2.75) is 25.3 Å². The van der Waals surface area contributed by atoms with Gasteiger partial charge >= 0.3 is 0 Å². The van der Waals surface area contributed by atoms with Crippen molar-refractivity contribution in [1.29, 1.82) is 0 Å². The van der Waals surface area contributed by atoms with E-state index in [1.165, 1.54) is 6.20 Å². The Balaban J connectivity index is 1.73. The van der Waals surface area contributed by atoms with Crippen LogP contribution in [0.15, 0.2) is 41.6 Å². The van der Waals surface area contributed by atoms with E-state index in [1.807, 2.05) is 11.0 Å². The molecule has 0 radical (unpaired) electrons. The predicted octanol–water partition coefficient (Wildman–Crippen LogP) is 2.01. The van der Waals surface area contributed by atoms with Crippen molar-refractivity contribution >= 4 is 16.7 Å². The molecule has 0 spiro atoms. The van der Waals surface area contributed by atoms with Gasteiger partial charge in [-0.05, 0) is 42.8 Å². The Kier molecular flexibility index (Phi) is 3.60. The van der Waals surface area contributed by atoms with Crippen LogP contribution in [0.3, 0.4) is 0 Å². The molecule has 24 heavy (non-hydrogen) atoms. The van der Waals surface area contributed by atoms with Crippen LogP contribution in [0.4, 0.5) is 0 Å². The molecule has 0 aliphatic carbocycles. The molecule has 0 aromatic carbocycles. The van der Waals surface area contributed by atoms with Crippen molar-refractivity contribution in [1.82, 2.24) is 25.1 Å². The van der Waals surface area contributed by atoms with Crippen LogP contribution in [0.1, 0.15) is 41.5 Å². The lowest BCUT2D eigenvalue weighted by molar-refractivity contribution is 0.0600. The highest BCUT2D eigenvalue weighted by Crippen LogP contribution is 2.30. The summed E-state index contributed by atoms with van der Waals surface area (Å²) in [7, 11) is 0. The van der Waals surface area contributed by atoms with Crippen LogP contribution in [0.25, 0.3) is 10.8 Å². The smallest absolute Gasteiger partial charge is 0.270 e. The van der Waals surface area contributed by atoms with Crippen LogP contribution in [0.2, 0.25) is 0 Å². The molecule has 7 nitrogen and oxygen atoms in total. The molecule has 1 fully saturated rings. The van der Waals surface area contributed by atoms with Gasteiger partial charge in [0.1, 0.15) is 5.69 Å². The van der Waals surface area contributed by atoms with Crippen molar-refractivity contribution in [3.8, 4) is 0 Å². The highest BCUT2D eigenvalue weighted by Gasteiger charge is 2.30. The molecule has 122 valence electrons. The number of nitrogens with zero attached hydrogens (tertiary/aromatic N) is 3. The number of fused-ring (bicyclic) bond motifs is 1. The van der Waals surface area contributed by atoms with Crippen LogP contribution in [0, 0.1) is 0 Å². The molecule has 4 heterocycles. The van der Waals surface area contributed by atoms with E-state index in [-0.39, 0.29) is 17.5 Å². The number of amides is 1. The molecule has 0 saturated carbocycles. The van der Waals surface area contributed by atoms with Crippen LogP contribution in [-0.4, -0.2) is 37.5 Å². The van der Waals surface area contributed by atoms with E-state index in [9.17, 15) is 9.59 Å². The number of H-pyrrole nitrogens is 2. The zero-order chi connectivity index (χ0) is 16.5. The second-order valence-corrected chi connectivity index (χ2v) is 6.00. The second kappa shape index (κ2) is 5.92. The minimum Gasteiger partial charge on any atom is -0.329 e. The minimum atomic E-state index is -0.293. The largest absolute Gasteiger partial charge is 0.329 e. The van der Waals surface area contributed by atoms with Gasteiger partial charge in [0, 0.05) is 25.1 Å². The monoisotopic (exact) mass is 323 g/mol. The average Bonchev–Trinajstić information content (AvgIpc) is 3.15. The second-order valence-electron chi connectivity index (χ2n) is 6.00. The third kappa shape index (κ3) is 2.47. The van der Waals surface area contributed by atoms with E-state index < -0.39 is 0 Å². The maximum atomic E-state index is 13.0. The summed E-state index contributed by atoms with van der Waals surface area (Å²) in [6, 6.07) is 5.32. The van der Waals surface area contributed by atoms with Crippen LogP contribution in [-0.2, 0) is 0 Å². The quantitative estimate of drug-likeness (QED) is 0.754. The molecular formula is C17H17N5O2. The maximum absolute atomic E-state index is 13.0. The SMILES string of the molecule is O=C(c1cc2ccncc2c(=O)[nH]1)N1CCCCC1c1ccn[nH]1. The fourth-order valence-electron chi connectivity index (χ4n) is 3.32. The maximum Gasteiger partial charge on any atom is 0.270 e. The lowest BCUT2D eigenvalue weighted by atomic mass is 9.99. The number of aromatic amines is 2. The van der Waals surface area contributed by atoms with Crippen LogP contribution < -0.4 is 5.56 Å². The van der Waals surface area contributed by atoms with Crippen molar-refractivity contribution in [2.75, 3.05) is 6.54 Å². The first kappa shape index (κ1) is 14.6. The Hall–Kier alpha value is -2.96. The number of carbonyl (C=O) groups excluding carboxylic acids is 1. The number of rotatable bonds is 2. The Bertz CT molecular complexity index is 932. The Morgan fingerprint density at radius 3 is 3.00 bits per heavy atom. The molecule has 2 N–H and O–H groups in total. The number of likely N-dealkylation sites (tertiary alicyclic amines) is 1. The third-order valence-electron chi connectivity index (χ3n) is 4.52. The zero-order valence-corrected chi connectivity index (χ0v) is 13.0. The van der Waals surface area contributed by atoms with Crippen LogP contribution in [0.5, 0.6) is 0 Å². The number of hydrogen-bond donors (Lipinski definition) is 2. The molecule has 3 aromatic heterocycles. The molecular weight excluding hydrogens is 306 g/mol. The fourth-order valence-corrected chi connectivity index (χ4v) is 3.32. The number of carbonyl (C=O) groups is 1. The molecule has 1 aliphatic rings. The van der Waals surface area contributed by atoms with E-state index in [4.69, 9.17) is 0 Å². The number of pyridine rings is 2. The topological polar surface area (TPSA) is 94.7 Å². The van der Waals surface area contributed by atoms with Gasteiger partial charge in [-0.25, -0.2) is 0 Å². The van der Waals surface area contributed by atoms with E-state index in [1.54, 1.807) is 24.5 Å². The van der Waals surface area contributed by atoms with Gasteiger partial charge in [-0.3, -0.25) is 19.7 Å². The molecule has 3 aromatic rings. The molecule has 1 saturated heterocycles. The van der Waals surface area contributed by atoms with E-state index in [0.717, 1.165) is 25.0 Å². The minimum absolute atomic E-state index is 0.0367. The zero-order valence-electron chi connectivity index (χ0n) is 13.0. The number of piperidine rings is 1. The molecule has 0 bridgehead atoms. The Morgan fingerprint density at radius 1 is 1.25 bits per heavy atom. The molecule has 1 atom stereocenters. The number of aromatic nitrogens is 4. The first-order valence-corrected chi connectivity index (χ1v) is 8.01. The lowest BCUT2D eigenvalue weighted by Gasteiger charge is -2.35. The van der Waals surface area contributed by atoms with Gasteiger partial charge < -0.3 is 9.88 Å². The summed E-state index contributed by atoms with van der Waals surface area (Å²) in [5, 5.41) is 8.15. The summed E-state index contributed by atoms with van der Waals surface area (Å²) in [5.74, 6) is -0.162. The summed E-state index contributed by atoms with van der Waals surface area (Å²) in [6.07, 6.45) is 7.72. The highest BCUT2D eigenvalue weighted by atomic mass is 16.2. The predicted molar refractivity (Wildman–Crippen MR) is 88.6 cm³/mol. The molecule has 1 amide bonds. The van der Waals surface area contributed by atoms with Crippen molar-refractivity contribution in [3.05, 3.63) is 58.5 Å². The molecule has 1 unspecified atom stereocenters. The van der Waals surface area contributed by atoms with Gasteiger partial charge in [-0.1, -0.05) is 0 Å².